The first kappa shape index (κ1) is 15.0. The zero-order valence-corrected chi connectivity index (χ0v) is 13.5. The minimum atomic E-state index is 0.759. The van der Waals surface area contributed by atoms with Crippen molar-refractivity contribution in [3.05, 3.63) is 59.2 Å². The van der Waals surface area contributed by atoms with Crippen molar-refractivity contribution in [1.29, 1.82) is 0 Å². The van der Waals surface area contributed by atoms with Gasteiger partial charge in [-0.1, -0.05) is 50.1 Å². The van der Waals surface area contributed by atoms with E-state index in [2.05, 4.69) is 47.2 Å². The summed E-state index contributed by atoms with van der Waals surface area (Å²) < 4.78 is 0. The summed E-state index contributed by atoms with van der Waals surface area (Å²) >= 11 is 0. The molecule has 1 heterocycles. The van der Waals surface area contributed by atoms with Crippen LogP contribution in [0.1, 0.15) is 61.0 Å². The van der Waals surface area contributed by atoms with Gasteiger partial charge in [0, 0.05) is 12.4 Å². The Morgan fingerprint density at radius 3 is 2.18 bits per heavy atom. The van der Waals surface area contributed by atoms with Gasteiger partial charge in [0.05, 0.1) is 0 Å². The lowest BCUT2D eigenvalue weighted by Crippen LogP contribution is -2.10. The Hall–Kier alpha value is -1.96. The average molecular weight is 292 g/mol. The summed E-state index contributed by atoms with van der Waals surface area (Å²) in [4.78, 5) is 8.59. The third-order valence-electron chi connectivity index (χ3n) is 4.65. The standard InChI is InChI=1S/C20H24N2/c1-15-3-8-18(9-4-15)19-10-5-17(6-11-19)7-12-20-21-13-16(2)14-22-20/h5-7,10-15,18H,3-4,8-9H2,1-2H3/b12-7+. The second kappa shape index (κ2) is 6.87. The second-order valence-electron chi connectivity index (χ2n) is 6.58. The Bertz CT molecular complexity index is 618. The summed E-state index contributed by atoms with van der Waals surface area (Å²) in [5.41, 5.74) is 3.79. The van der Waals surface area contributed by atoms with E-state index < -0.39 is 0 Å². The molecule has 0 aliphatic heterocycles. The number of hydrogen-bond acceptors (Lipinski definition) is 2. The lowest BCUT2D eigenvalue weighted by Gasteiger charge is -2.26. The molecular weight excluding hydrogens is 268 g/mol. The van der Waals surface area contributed by atoms with Gasteiger partial charge in [-0.15, -0.1) is 0 Å². The second-order valence-corrected chi connectivity index (χ2v) is 6.58. The normalized spacial score (nSPS) is 22.1. The van der Waals surface area contributed by atoms with E-state index >= 15 is 0 Å². The molecule has 0 spiro atoms. The van der Waals surface area contributed by atoms with Gasteiger partial charge in [0.25, 0.3) is 0 Å². The molecule has 2 aromatic rings. The van der Waals surface area contributed by atoms with Crippen LogP contribution < -0.4 is 0 Å². The highest BCUT2D eigenvalue weighted by atomic mass is 14.8. The Labute approximate surface area is 133 Å². The van der Waals surface area contributed by atoms with Crippen molar-refractivity contribution in [3.63, 3.8) is 0 Å². The molecule has 0 amide bonds. The van der Waals surface area contributed by atoms with Gasteiger partial charge in [0.2, 0.25) is 0 Å². The van der Waals surface area contributed by atoms with Crippen LogP contribution in [0.3, 0.4) is 0 Å². The zero-order valence-electron chi connectivity index (χ0n) is 13.5. The SMILES string of the molecule is Cc1cnc(/C=C/c2ccc(C3CCC(C)CC3)cc2)nc1. The van der Waals surface area contributed by atoms with Crippen LogP contribution in [0.5, 0.6) is 0 Å². The quantitative estimate of drug-likeness (QED) is 0.772. The lowest BCUT2D eigenvalue weighted by molar-refractivity contribution is 0.348. The molecule has 1 aromatic heterocycles. The van der Waals surface area contributed by atoms with Gasteiger partial charge in [-0.2, -0.15) is 0 Å². The molecule has 1 saturated carbocycles. The Morgan fingerprint density at radius 1 is 0.909 bits per heavy atom. The van der Waals surface area contributed by atoms with Gasteiger partial charge >= 0.3 is 0 Å². The Kier molecular flexibility index (Phi) is 4.67. The van der Waals surface area contributed by atoms with E-state index in [9.17, 15) is 0 Å². The van der Waals surface area contributed by atoms with Gasteiger partial charge in [0.1, 0.15) is 0 Å². The van der Waals surface area contributed by atoms with Crippen molar-refractivity contribution in [3.8, 4) is 0 Å². The maximum atomic E-state index is 4.29. The molecule has 1 aliphatic carbocycles. The lowest BCUT2D eigenvalue weighted by atomic mass is 9.79. The largest absolute Gasteiger partial charge is 0.237 e. The highest BCUT2D eigenvalue weighted by Crippen LogP contribution is 2.35. The summed E-state index contributed by atoms with van der Waals surface area (Å²) in [6.07, 6.45) is 13.2. The third-order valence-corrected chi connectivity index (χ3v) is 4.65. The van der Waals surface area contributed by atoms with Crippen molar-refractivity contribution in [2.75, 3.05) is 0 Å². The summed E-state index contributed by atoms with van der Waals surface area (Å²) in [6, 6.07) is 8.99. The predicted octanol–water partition coefficient (Wildman–Crippen LogP) is 5.25. The molecule has 114 valence electrons. The molecule has 0 atom stereocenters. The van der Waals surface area contributed by atoms with E-state index in [1.807, 2.05) is 25.4 Å². The van der Waals surface area contributed by atoms with E-state index in [0.717, 1.165) is 23.2 Å². The first-order valence-corrected chi connectivity index (χ1v) is 8.27. The van der Waals surface area contributed by atoms with Crippen molar-refractivity contribution in [2.24, 2.45) is 5.92 Å². The predicted molar refractivity (Wildman–Crippen MR) is 92.5 cm³/mol. The zero-order chi connectivity index (χ0) is 15.4. The van der Waals surface area contributed by atoms with Crippen LogP contribution in [-0.4, -0.2) is 9.97 Å². The molecule has 2 nitrogen and oxygen atoms in total. The molecular formula is C20H24N2. The maximum absolute atomic E-state index is 4.29. The van der Waals surface area contributed by atoms with Crippen molar-refractivity contribution < 1.29 is 0 Å². The summed E-state index contributed by atoms with van der Waals surface area (Å²) in [7, 11) is 0. The molecule has 1 aromatic carbocycles. The molecule has 1 fully saturated rings. The van der Waals surface area contributed by atoms with Crippen LogP contribution in [0.15, 0.2) is 36.7 Å². The van der Waals surface area contributed by atoms with Gasteiger partial charge in [-0.05, 0) is 54.4 Å². The van der Waals surface area contributed by atoms with Gasteiger partial charge in [-0.25, -0.2) is 9.97 Å². The third kappa shape index (κ3) is 3.82. The highest BCUT2D eigenvalue weighted by molar-refractivity contribution is 5.66. The number of aromatic nitrogens is 2. The van der Waals surface area contributed by atoms with Crippen molar-refractivity contribution in [1.82, 2.24) is 9.97 Å². The molecule has 0 N–H and O–H groups in total. The van der Waals surface area contributed by atoms with E-state index in [0.29, 0.717) is 0 Å². The minimum absolute atomic E-state index is 0.759. The molecule has 22 heavy (non-hydrogen) atoms. The average Bonchev–Trinajstić information content (AvgIpc) is 2.56. The minimum Gasteiger partial charge on any atom is -0.237 e. The molecule has 3 rings (SSSR count). The fraction of sp³-hybridized carbons (Fsp3) is 0.400. The molecule has 0 radical (unpaired) electrons. The number of aryl methyl sites for hydroxylation is 1. The monoisotopic (exact) mass is 292 g/mol. The van der Waals surface area contributed by atoms with E-state index in [1.54, 1.807) is 0 Å². The number of hydrogen-bond donors (Lipinski definition) is 0. The van der Waals surface area contributed by atoms with Crippen LogP contribution in [-0.2, 0) is 0 Å². The topological polar surface area (TPSA) is 25.8 Å². The smallest absolute Gasteiger partial charge is 0.151 e. The van der Waals surface area contributed by atoms with E-state index in [4.69, 9.17) is 0 Å². The fourth-order valence-corrected chi connectivity index (χ4v) is 3.13. The van der Waals surface area contributed by atoms with E-state index in [-0.39, 0.29) is 0 Å². The molecule has 1 aliphatic rings. The summed E-state index contributed by atoms with van der Waals surface area (Å²) in [6.45, 7) is 4.37. The molecule has 0 unspecified atom stereocenters. The van der Waals surface area contributed by atoms with E-state index in [1.165, 1.54) is 36.8 Å². The Morgan fingerprint density at radius 2 is 1.55 bits per heavy atom. The van der Waals surface area contributed by atoms with Crippen LogP contribution in [0, 0.1) is 12.8 Å². The number of benzene rings is 1. The first-order valence-electron chi connectivity index (χ1n) is 8.27. The number of rotatable bonds is 3. The highest BCUT2D eigenvalue weighted by Gasteiger charge is 2.19. The first-order chi connectivity index (χ1) is 10.7. The van der Waals surface area contributed by atoms with Crippen molar-refractivity contribution in [2.45, 2.75) is 45.4 Å². The van der Waals surface area contributed by atoms with Crippen LogP contribution >= 0.6 is 0 Å². The number of nitrogens with zero attached hydrogens (tertiary/aromatic N) is 2. The summed E-state index contributed by atoms with van der Waals surface area (Å²) in [5, 5.41) is 0. The van der Waals surface area contributed by atoms with Crippen LogP contribution in [0.2, 0.25) is 0 Å². The summed E-state index contributed by atoms with van der Waals surface area (Å²) in [5.74, 6) is 2.43. The maximum Gasteiger partial charge on any atom is 0.151 e. The van der Waals surface area contributed by atoms with Crippen molar-refractivity contribution >= 4 is 12.2 Å². The van der Waals surface area contributed by atoms with Gasteiger partial charge in [-0.3, -0.25) is 0 Å². The fourth-order valence-electron chi connectivity index (χ4n) is 3.13. The van der Waals surface area contributed by atoms with Gasteiger partial charge in [0.15, 0.2) is 5.82 Å². The molecule has 0 saturated heterocycles. The molecule has 0 bridgehead atoms. The molecule has 2 heteroatoms. The Balaban J connectivity index is 1.65. The van der Waals surface area contributed by atoms with Crippen LogP contribution in [0.4, 0.5) is 0 Å². The van der Waals surface area contributed by atoms with Crippen LogP contribution in [0.25, 0.3) is 12.2 Å². The van der Waals surface area contributed by atoms with Gasteiger partial charge < -0.3 is 0 Å².